The molecular weight excluding hydrogens is 311 g/mol. The molecule has 0 aliphatic carbocycles. The summed E-state index contributed by atoms with van der Waals surface area (Å²) in [6.07, 6.45) is 2.29. The van der Waals surface area contributed by atoms with Crippen LogP contribution in [-0.4, -0.2) is 29.2 Å². The monoisotopic (exact) mass is 330 g/mol. The van der Waals surface area contributed by atoms with E-state index in [1.54, 1.807) is 12.3 Å². The second-order valence-corrected chi connectivity index (χ2v) is 5.77. The van der Waals surface area contributed by atoms with E-state index in [0.717, 1.165) is 16.8 Å². The number of carboxylic acid groups (broad SMARTS) is 1. The fraction of sp³-hybridized carbons (Fsp3) is 0.333. The lowest BCUT2D eigenvalue weighted by Gasteiger charge is -2.37. The second kappa shape index (κ2) is 6.47. The van der Waals surface area contributed by atoms with Gasteiger partial charge in [0.15, 0.2) is 0 Å². The van der Waals surface area contributed by atoms with Crippen LogP contribution in [0, 0.1) is 5.82 Å². The maximum atomic E-state index is 13.9. The maximum absolute atomic E-state index is 13.9. The number of hydrogen-bond acceptors (Lipinski definition) is 4. The number of anilines is 1. The standard InChI is InChI=1S/C18H19FN2O3/c1-3-24-15-8-13(19)7-14(9-15)21-5-4-12-6-17(18(22)23)20-10-16(12)11(21)2/h6-11H,3-5H2,1-2H3,(H,22,23)/t11-/m1/s1. The van der Waals surface area contributed by atoms with Crippen LogP contribution in [0.1, 0.15) is 41.5 Å². The minimum absolute atomic E-state index is 0.0274. The molecule has 0 bridgehead atoms. The molecule has 0 spiro atoms. The quantitative estimate of drug-likeness (QED) is 0.930. The molecule has 5 nitrogen and oxygen atoms in total. The Labute approximate surface area is 139 Å². The Kier molecular flexibility index (Phi) is 4.38. The fourth-order valence-electron chi connectivity index (χ4n) is 3.14. The first kappa shape index (κ1) is 16.2. The van der Waals surface area contributed by atoms with Gasteiger partial charge in [-0.15, -0.1) is 0 Å². The van der Waals surface area contributed by atoms with Crippen LogP contribution in [0.4, 0.5) is 10.1 Å². The Balaban J connectivity index is 1.94. The molecule has 1 aromatic heterocycles. The van der Waals surface area contributed by atoms with Crippen LogP contribution < -0.4 is 9.64 Å². The number of benzene rings is 1. The minimum Gasteiger partial charge on any atom is -0.494 e. The first-order valence-electron chi connectivity index (χ1n) is 7.91. The summed E-state index contributed by atoms with van der Waals surface area (Å²) in [5, 5.41) is 9.07. The van der Waals surface area contributed by atoms with Gasteiger partial charge in [0.05, 0.1) is 12.6 Å². The number of hydrogen-bond donors (Lipinski definition) is 1. The molecule has 0 saturated heterocycles. The van der Waals surface area contributed by atoms with Crippen molar-refractivity contribution < 1.29 is 19.0 Å². The summed E-state index contributed by atoms with van der Waals surface area (Å²) in [5.74, 6) is -0.863. The van der Waals surface area contributed by atoms with Crippen LogP contribution in [0.15, 0.2) is 30.5 Å². The van der Waals surface area contributed by atoms with Gasteiger partial charge in [-0.05, 0) is 43.5 Å². The number of aromatic nitrogens is 1. The van der Waals surface area contributed by atoms with Crippen LogP contribution in [-0.2, 0) is 6.42 Å². The molecule has 1 aliphatic rings. The Hall–Kier alpha value is -2.63. The molecule has 1 aliphatic heterocycles. The molecule has 24 heavy (non-hydrogen) atoms. The third-order valence-corrected chi connectivity index (χ3v) is 4.28. The summed E-state index contributed by atoms with van der Waals surface area (Å²) < 4.78 is 19.3. The molecule has 2 heterocycles. The van der Waals surface area contributed by atoms with Crippen molar-refractivity contribution in [2.45, 2.75) is 26.3 Å². The van der Waals surface area contributed by atoms with Crippen molar-refractivity contribution in [3.8, 4) is 5.75 Å². The van der Waals surface area contributed by atoms with Gasteiger partial charge in [-0.1, -0.05) is 0 Å². The number of ether oxygens (including phenoxy) is 1. The molecule has 1 atom stereocenters. The number of rotatable bonds is 4. The SMILES string of the molecule is CCOc1cc(F)cc(N2CCc3cc(C(=O)O)ncc3[C@H]2C)c1. The van der Waals surface area contributed by atoms with Gasteiger partial charge in [0.2, 0.25) is 0 Å². The number of aromatic carboxylic acids is 1. The average Bonchev–Trinajstić information content (AvgIpc) is 2.54. The number of pyridine rings is 1. The van der Waals surface area contributed by atoms with E-state index in [1.807, 2.05) is 19.9 Å². The number of carbonyl (C=O) groups is 1. The summed E-state index contributed by atoms with van der Waals surface area (Å²) >= 11 is 0. The van der Waals surface area contributed by atoms with E-state index in [-0.39, 0.29) is 17.6 Å². The molecule has 0 saturated carbocycles. The van der Waals surface area contributed by atoms with Crippen molar-refractivity contribution in [1.82, 2.24) is 4.98 Å². The number of fused-ring (bicyclic) bond motifs is 1. The van der Waals surface area contributed by atoms with Crippen molar-refractivity contribution in [2.75, 3.05) is 18.1 Å². The van der Waals surface area contributed by atoms with Gasteiger partial charge >= 0.3 is 5.97 Å². The van der Waals surface area contributed by atoms with Gasteiger partial charge in [0.1, 0.15) is 17.3 Å². The van der Waals surface area contributed by atoms with Crippen molar-refractivity contribution in [1.29, 1.82) is 0 Å². The topological polar surface area (TPSA) is 62.7 Å². The summed E-state index contributed by atoms with van der Waals surface area (Å²) in [6, 6.07) is 6.29. The maximum Gasteiger partial charge on any atom is 0.354 e. The molecule has 0 amide bonds. The van der Waals surface area contributed by atoms with Crippen molar-refractivity contribution >= 4 is 11.7 Å². The Morgan fingerprint density at radius 1 is 1.42 bits per heavy atom. The summed E-state index contributed by atoms with van der Waals surface area (Å²) in [4.78, 5) is 17.2. The first-order valence-corrected chi connectivity index (χ1v) is 7.91. The van der Waals surface area contributed by atoms with E-state index in [0.29, 0.717) is 25.3 Å². The number of nitrogens with zero attached hydrogens (tertiary/aromatic N) is 2. The first-order chi connectivity index (χ1) is 11.5. The second-order valence-electron chi connectivity index (χ2n) is 5.77. The average molecular weight is 330 g/mol. The van der Waals surface area contributed by atoms with Crippen molar-refractivity contribution in [3.63, 3.8) is 0 Å². The molecule has 126 valence electrons. The molecule has 6 heteroatoms. The normalized spacial score (nSPS) is 16.6. The van der Waals surface area contributed by atoms with E-state index in [9.17, 15) is 9.18 Å². The molecule has 0 radical (unpaired) electrons. The predicted molar refractivity (Wildman–Crippen MR) is 88.2 cm³/mol. The lowest BCUT2D eigenvalue weighted by atomic mass is 9.94. The van der Waals surface area contributed by atoms with E-state index in [4.69, 9.17) is 9.84 Å². The highest BCUT2D eigenvalue weighted by atomic mass is 19.1. The molecule has 0 fully saturated rings. The Morgan fingerprint density at radius 2 is 2.21 bits per heavy atom. The number of halogens is 1. The van der Waals surface area contributed by atoms with Gasteiger partial charge in [-0.2, -0.15) is 0 Å². The molecular formula is C18H19FN2O3. The third kappa shape index (κ3) is 3.04. The highest BCUT2D eigenvalue weighted by Gasteiger charge is 2.26. The molecule has 2 aromatic rings. The van der Waals surface area contributed by atoms with Crippen LogP contribution >= 0.6 is 0 Å². The van der Waals surface area contributed by atoms with Crippen LogP contribution in [0.5, 0.6) is 5.75 Å². The van der Waals surface area contributed by atoms with Crippen molar-refractivity contribution in [2.24, 2.45) is 0 Å². The fourth-order valence-corrected chi connectivity index (χ4v) is 3.14. The third-order valence-electron chi connectivity index (χ3n) is 4.28. The predicted octanol–water partition coefficient (Wildman–Crippen LogP) is 3.44. The summed E-state index contributed by atoms with van der Waals surface area (Å²) in [7, 11) is 0. The van der Waals surface area contributed by atoms with E-state index in [2.05, 4.69) is 9.88 Å². The summed E-state index contributed by atoms with van der Waals surface area (Å²) in [6.45, 7) is 5.01. The van der Waals surface area contributed by atoms with Crippen LogP contribution in [0.25, 0.3) is 0 Å². The minimum atomic E-state index is -1.03. The van der Waals surface area contributed by atoms with Crippen LogP contribution in [0.3, 0.4) is 0 Å². The van der Waals surface area contributed by atoms with Gasteiger partial charge in [-0.3, -0.25) is 0 Å². The van der Waals surface area contributed by atoms with Gasteiger partial charge in [0, 0.05) is 30.6 Å². The highest BCUT2D eigenvalue weighted by Crippen LogP contribution is 2.35. The van der Waals surface area contributed by atoms with Gasteiger partial charge in [-0.25, -0.2) is 14.2 Å². The smallest absolute Gasteiger partial charge is 0.354 e. The lowest BCUT2D eigenvalue weighted by molar-refractivity contribution is 0.0690. The largest absolute Gasteiger partial charge is 0.494 e. The molecule has 1 N–H and O–H groups in total. The Bertz CT molecular complexity index is 779. The van der Waals surface area contributed by atoms with E-state index in [1.165, 1.54) is 12.1 Å². The van der Waals surface area contributed by atoms with E-state index >= 15 is 0 Å². The highest BCUT2D eigenvalue weighted by molar-refractivity contribution is 5.85. The molecule has 1 aromatic carbocycles. The molecule has 3 rings (SSSR count). The zero-order chi connectivity index (χ0) is 17.3. The molecule has 0 unspecified atom stereocenters. The zero-order valence-corrected chi connectivity index (χ0v) is 13.6. The van der Waals surface area contributed by atoms with Gasteiger partial charge in [0.25, 0.3) is 0 Å². The van der Waals surface area contributed by atoms with Crippen molar-refractivity contribution in [3.05, 3.63) is 53.1 Å². The number of carboxylic acids is 1. The van der Waals surface area contributed by atoms with E-state index < -0.39 is 5.97 Å². The van der Waals surface area contributed by atoms with Gasteiger partial charge < -0.3 is 14.7 Å². The van der Waals surface area contributed by atoms with Crippen LogP contribution in [0.2, 0.25) is 0 Å². The Morgan fingerprint density at radius 3 is 2.92 bits per heavy atom. The summed E-state index contributed by atoms with van der Waals surface area (Å²) in [5.41, 5.74) is 2.75. The lowest BCUT2D eigenvalue weighted by Crippen LogP contribution is -2.34. The zero-order valence-electron chi connectivity index (χ0n) is 13.6.